The SMILES string of the molecule is c1ccc(-n2c3cc(-c4nc5ccccc5[nH]4)ccc3c3c4sc5ccccc5c4ccc32)cc1. The second kappa shape index (κ2) is 7.05. The van der Waals surface area contributed by atoms with Gasteiger partial charge in [-0.3, -0.25) is 0 Å². The van der Waals surface area contributed by atoms with E-state index in [1.54, 1.807) is 0 Å². The lowest BCUT2D eigenvalue weighted by atomic mass is 10.1. The van der Waals surface area contributed by atoms with E-state index in [-0.39, 0.29) is 0 Å². The highest BCUT2D eigenvalue weighted by molar-refractivity contribution is 7.26. The first-order valence-corrected chi connectivity index (χ1v) is 12.6. The smallest absolute Gasteiger partial charge is 0.138 e. The molecule has 0 aliphatic heterocycles. The zero-order valence-electron chi connectivity index (χ0n) is 18.7. The number of aromatic nitrogens is 3. The molecule has 0 atom stereocenters. The minimum absolute atomic E-state index is 0.893. The van der Waals surface area contributed by atoms with Crippen molar-refractivity contribution in [2.75, 3.05) is 0 Å². The molecule has 1 N–H and O–H groups in total. The zero-order valence-corrected chi connectivity index (χ0v) is 19.5. The van der Waals surface area contributed by atoms with Gasteiger partial charge in [-0.1, -0.05) is 66.7 Å². The summed E-state index contributed by atoms with van der Waals surface area (Å²) < 4.78 is 5.06. The predicted octanol–water partition coefficient (Wildman–Crippen LogP) is 8.69. The highest BCUT2D eigenvalue weighted by Gasteiger charge is 2.18. The van der Waals surface area contributed by atoms with E-state index >= 15 is 0 Å². The number of imidazole rings is 1. The van der Waals surface area contributed by atoms with Gasteiger partial charge in [-0.2, -0.15) is 0 Å². The summed E-state index contributed by atoms with van der Waals surface area (Å²) in [4.78, 5) is 8.36. The van der Waals surface area contributed by atoms with Gasteiger partial charge in [-0.25, -0.2) is 4.98 Å². The molecule has 0 unspecified atom stereocenters. The lowest BCUT2D eigenvalue weighted by Crippen LogP contribution is -1.93. The van der Waals surface area contributed by atoms with Crippen LogP contribution in [0.1, 0.15) is 0 Å². The Kier molecular flexibility index (Phi) is 3.82. The molecule has 0 spiro atoms. The fourth-order valence-corrected chi connectivity index (χ4v) is 6.63. The standard InChI is InChI=1S/C31H19N3S/c1-2-8-20(9-3-1)34-26-17-16-22-21-10-4-7-13-28(21)35-30(22)29(26)23-15-14-19(18-27(23)34)31-32-24-11-5-6-12-25(24)33-31/h1-18H,(H,32,33). The zero-order chi connectivity index (χ0) is 22.9. The molecule has 5 aromatic carbocycles. The number of thiophene rings is 1. The normalized spacial score (nSPS) is 12.0. The Morgan fingerprint density at radius 3 is 2.37 bits per heavy atom. The Bertz CT molecular complexity index is 2030. The molecule has 35 heavy (non-hydrogen) atoms. The van der Waals surface area contributed by atoms with Crippen LogP contribution in [0, 0.1) is 0 Å². The molecule has 0 aliphatic carbocycles. The van der Waals surface area contributed by atoms with Crippen LogP contribution in [0.4, 0.5) is 0 Å². The van der Waals surface area contributed by atoms with Crippen LogP contribution in [0.2, 0.25) is 0 Å². The van der Waals surface area contributed by atoms with Crippen LogP contribution >= 0.6 is 11.3 Å². The number of benzene rings is 5. The molecule has 0 aliphatic rings. The van der Waals surface area contributed by atoms with Crippen LogP contribution in [-0.2, 0) is 0 Å². The van der Waals surface area contributed by atoms with Crippen molar-refractivity contribution in [2.45, 2.75) is 0 Å². The van der Waals surface area contributed by atoms with Gasteiger partial charge in [0.2, 0.25) is 0 Å². The van der Waals surface area contributed by atoms with Gasteiger partial charge in [0, 0.05) is 42.2 Å². The first-order chi connectivity index (χ1) is 17.3. The van der Waals surface area contributed by atoms with Gasteiger partial charge in [0.25, 0.3) is 0 Å². The fraction of sp³-hybridized carbons (Fsp3) is 0. The first-order valence-electron chi connectivity index (χ1n) is 11.7. The molecule has 3 nitrogen and oxygen atoms in total. The lowest BCUT2D eigenvalue weighted by Gasteiger charge is -2.08. The molecule has 4 heteroatoms. The summed E-state index contributed by atoms with van der Waals surface area (Å²) in [6.45, 7) is 0. The van der Waals surface area contributed by atoms with Gasteiger partial charge in [-0.05, 0) is 42.5 Å². The van der Waals surface area contributed by atoms with E-state index in [2.05, 4.69) is 101 Å². The highest BCUT2D eigenvalue weighted by Crippen LogP contribution is 2.43. The molecular weight excluding hydrogens is 446 g/mol. The molecule has 0 saturated carbocycles. The van der Waals surface area contributed by atoms with Crippen LogP contribution in [0.15, 0.2) is 109 Å². The third-order valence-electron chi connectivity index (χ3n) is 6.95. The van der Waals surface area contributed by atoms with E-state index in [0.717, 1.165) is 28.1 Å². The van der Waals surface area contributed by atoms with Gasteiger partial charge in [0.15, 0.2) is 0 Å². The van der Waals surface area contributed by atoms with E-state index in [1.165, 1.54) is 42.0 Å². The molecule has 164 valence electrons. The Hall–Kier alpha value is -4.41. The molecule has 3 heterocycles. The van der Waals surface area contributed by atoms with E-state index in [1.807, 2.05) is 29.5 Å². The van der Waals surface area contributed by atoms with Gasteiger partial charge >= 0.3 is 0 Å². The maximum atomic E-state index is 4.86. The second-order valence-electron chi connectivity index (χ2n) is 8.94. The number of hydrogen-bond acceptors (Lipinski definition) is 2. The Morgan fingerprint density at radius 2 is 1.46 bits per heavy atom. The van der Waals surface area contributed by atoms with Gasteiger partial charge in [0.05, 0.1) is 22.1 Å². The fourth-order valence-electron chi connectivity index (χ4n) is 5.37. The summed E-state index contributed by atoms with van der Waals surface area (Å²) in [7, 11) is 0. The average Bonchev–Trinajstić information content (AvgIpc) is 3.60. The number of rotatable bonds is 2. The molecule has 8 aromatic rings. The second-order valence-corrected chi connectivity index (χ2v) is 9.99. The van der Waals surface area contributed by atoms with Crippen molar-refractivity contribution < 1.29 is 0 Å². The lowest BCUT2D eigenvalue weighted by molar-refractivity contribution is 1.18. The first kappa shape index (κ1) is 19.0. The maximum Gasteiger partial charge on any atom is 0.138 e. The van der Waals surface area contributed by atoms with Crippen LogP contribution < -0.4 is 0 Å². The third kappa shape index (κ3) is 2.69. The van der Waals surface area contributed by atoms with Crippen LogP contribution in [0.3, 0.4) is 0 Å². The molecular formula is C31H19N3S. The Morgan fingerprint density at radius 1 is 0.657 bits per heavy atom. The van der Waals surface area contributed by atoms with Crippen LogP contribution in [0.5, 0.6) is 0 Å². The quantitative estimate of drug-likeness (QED) is 0.272. The minimum Gasteiger partial charge on any atom is -0.338 e. The van der Waals surface area contributed by atoms with E-state index in [0.29, 0.717) is 0 Å². The third-order valence-corrected chi connectivity index (χ3v) is 8.16. The van der Waals surface area contributed by atoms with E-state index in [9.17, 15) is 0 Å². The molecule has 0 saturated heterocycles. The van der Waals surface area contributed by atoms with E-state index < -0.39 is 0 Å². The number of H-pyrrole nitrogens is 1. The minimum atomic E-state index is 0.893. The van der Waals surface area contributed by atoms with Crippen molar-refractivity contribution in [3.05, 3.63) is 109 Å². The monoisotopic (exact) mass is 465 g/mol. The number of para-hydroxylation sites is 3. The maximum absolute atomic E-state index is 4.86. The number of aromatic amines is 1. The number of fused-ring (bicyclic) bond motifs is 8. The number of nitrogens with zero attached hydrogens (tertiary/aromatic N) is 2. The summed E-state index contributed by atoms with van der Waals surface area (Å²) in [6, 6.07) is 38.9. The number of nitrogens with one attached hydrogen (secondary N) is 1. The molecule has 0 bridgehead atoms. The van der Waals surface area contributed by atoms with Gasteiger partial charge in [0.1, 0.15) is 5.82 Å². The van der Waals surface area contributed by atoms with Crippen molar-refractivity contribution in [3.63, 3.8) is 0 Å². The van der Waals surface area contributed by atoms with E-state index in [4.69, 9.17) is 4.98 Å². The average molecular weight is 466 g/mol. The van der Waals surface area contributed by atoms with Crippen LogP contribution in [-0.4, -0.2) is 14.5 Å². The van der Waals surface area contributed by atoms with Gasteiger partial charge < -0.3 is 9.55 Å². The Balaban J connectivity index is 1.50. The molecule has 0 radical (unpaired) electrons. The van der Waals surface area contributed by atoms with Crippen molar-refractivity contribution in [1.29, 1.82) is 0 Å². The van der Waals surface area contributed by atoms with Crippen molar-refractivity contribution in [3.8, 4) is 17.1 Å². The van der Waals surface area contributed by atoms with Crippen molar-refractivity contribution in [1.82, 2.24) is 14.5 Å². The largest absolute Gasteiger partial charge is 0.338 e. The summed E-state index contributed by atoms with van der Waals surface area (Å²) in [6.07, 6.45) is 0. The van der Waals surface area contributed by atoms with Crippen LogP contribution in [0.25, 0.3) is 70.1 Å². The highest BCUT2D eigenvalue weighted by atomic mass is 32.1. The Labute approximate surface area is 204 Å². The topological polar surface area (TPSA) is 33.6 Å². The van der Waals surface area contributed by atoms with Crippen molar-refractivity contribution >= 4 is 64.3 Å². The number of hydrogen-bond donors (Lipinski definition) is 1. The molecule has 3 aromatic heterocycles. The molecule has 0 fully saturated rings. The summed E-state index contributed by atoms with van der Waals surface area (Å²) in [5.74, 6) is 0.893. The summed E-state index contributed by atoms with van der Waals surface area (Å²) >= 11 is 1.89. The molecule has 0 amide bonds. The summed E-state index contributed by atoms with van der Waals surface area (Å²) in [5, 5.41) is 5.24. The predicted molar refractivity (Wildman–Crippen MR) is 149 cm³/mol. The van der Waals surface area contributed by atoms with Gasteiger partial charge in [-0.15, -0.1) is 11.3 Å². The van der Waals surface area contributed by atoms with Crippen molar-refractivity contribution in [2.24, 2.45) is 0 Å². The summed E-state index contributed by atoms with van der Waals surface area (Å²) in [5.41, 5.74) is 6.70. The molecule has 8 rings (SSSR count).